The van der Waals surface area contributed by atoms with Crippen molar-refractivity contribution in [3.8, 4) is 0 Å². The van der Waals surface area contributed by atoms with Crippen molar-refractivity contribution in [1.82, 2.24) is 0 Å². The Morgan fingerprint density at radius 1 is 0.340 bits per heavy atom. The van der Waals surface area contributed by atoms with E-state index in [0.717, 1.165) is 57.8 Å². The second-order valence-corrected chi connectivity index (χ2v) is 30.5. The Hall–Kier alpha value is -2.29. The van der Waals surface area contributed by atoms with E-state index in [-0.39, 0.29) is 32.0 Å². The van der Waals surface area contributed by atoms with Gasteiger partial charge in [-0.05, 0) is 77.0 Å². The number of carbonyl (C=O) groups is 2. The number of unbranched alkanes of at least 4 members (excludes halogenated alkanes) is 53. The highest BCUT2D eigenvalue weighted by Gasteiger charge is 2.22. The average molecular weight is 1340 g/mol. The SMILES string of the molecule is CC/C=C\C/C=C\C/C=C\C/C=C\CCCCCCCCCCCCCCCCCCCCCCCCC(=O)OC(COC(=O)CCCCCCCCCCCCCCCCCCCCCCCCC/C=C\CCCCCCCCCC)COP(=O)([O-])OCC[N+](C)(C)C. The summed E-state index contributed by atoms with van der Waals surface area (Å²) in [5.41, 5.74) is 0. The Morgan fingerprint density at radius 2 is 0.606 bits per heavy atom. The molecule has 0 fully saturated rings. The van der Waals surface area contributed by atoms with Crippen molar-refractivity contribution in [1.29, 1.82) is 0 Å². The van der Waals surface area contributed by atoms with E-state index in [9.17, 15) is 19.0 Å². The van der Waals surface area contributed by atoms with Crippen LogP contribution < -0.4 is 4.89 Å². The van der Waals surface area contributed by atoms with Crippen LogP contribution in [0.4, 0.5) is 0 Å². The maximum Gasteiger partial charge on any atom is 0.306 e. The van der Waals surface area contributed by atoms with Crippen LogP contribution in [-0.2, 0) is 32.7 Å². The molecule has 2 unspecified atom stereocenters. The Morgan fingerprint density at radius 3 is 0.915 bits per heavy atom. The van der Waals surface area contributed by atoms with E-state index >= 15 is 0 Å². The number of allylic oxidation sites excluding steroid dienone is 10. The third-order valence-electron chi connectivity index (χ3n) is 18.5. The summed E-state index contributed by atoms with van der Waals surface area (Å²) in [6.07, 6.45) is 101. The molecule has 0 aliphatic heterocycles. The summed E-state index contributed by atoms with van der Waals surface area (Å²) in [5, 5.41) is 0. The van der Waals surface area contributed by atoms with Gasteiger partial charge in [0.05, 0.1) is 27.7 Å². The Kier molecular flexibility index (Phi) is 73.1. The number of hydrogen-bond donors (Lipinski definition) is 0. The molecule has 0 aromatic heterocycles. The average Bonchev–Trinajstić information content (AvgIpc) is 1.68. The monoisotopic (exact) mass is 1340 g/mol. The molecule has 0 N–H and O–H groups in total. The van der Waals surface area contributed by atoms with Crippen molar-refractivity contribution in [3.63, 3.8) is 0 Å². The van der Waals surface area contributed by atoms with Crippen LogP contribution in [0.3, 0.4) is 0 Å². The molecule has 94 heavy (non-hydrogen) atoms. The molecule has 0 bridgehead atoms. The predicted molar refractivity (Wildman–Crippen MR) is 407 cm³/mol. The Bertz CT molecular complexity index is 1770. The third-order valence-corrected chi connectivity index (χ3v) is 19.5. The fourth-order valence-corrected chi connectivity index (χ4v) is 13.0. The number of rotatable bonds is 77. The van der Waals surface area contributed by atoms with Crippen LogP contribution in [0.2, 0.25) is 0 Å². The first-order valence-electron chi connectivity index (χ1n) is 41.0. The lowest BCUT2D eigenvalue weighted by molar-refractivity contribution is -0.870. The normalized spacial score (nSPS) is 13.3. The molecule has 0 aromatic rings. The molecule has 0 saturated heterocycles. The number of phosphoric acid groups is 1. The number of quaternary nitrogens is 1. The molecule has 0 aliphatic rings. The van der Waals surface area contributed by atoms with Crippen molar-refractivity contribution in [2.75, 3.05) is 47.5 Å². The molecule has 552 valence electrons. The molecule has 0 aromatic carbocycles. The summed E-state index contributed by atoms with van der Waals surface area (Å²) < 4.78 is 34.4. The predicted octanol–water partition coefficient (Wildman–Crippen LogP) is 26.7. The van der Waals surface area contributed by atoms with Crippen molar-refractivity contribution in [2.24, 2.45) is 0 Å². The van der Waals surface area contributed by atoms with Crippen LogP contribution in [0.5, 0.6) is 0 Å². The molecule has 0 radical (unpaired) electrons. The van der Waals surface area contributed by atoms with E-state index in [2.05, 4.69) is 74.6 Å². The van der Waals surface area contributed by atoms with E-state index in [4.69, 9.17) is 18.5 Å². The quantitative estimate of drug-likeness (QED) is 0.0195. The topological polar surface area (TPSA) is 111 Å². The van der Waals surface area contributed by atoms with E-state index in [1.54, 1.807) is 0 Å². The van der Waals surface area contributed by atoms with Gasteiger partial charge in [0.15, 0.2) is 6.10 Å². The molecule has 0 saturated carbocycles. The maximum absolute atomic E-state index is 12.9. The van der Waals surface area contributed by atoms with Gasteiger partial charge >= 0.3 is 11.9 Å². The smallest absolute Gasteiger partial charge is 0.306 e. The number of phosphoric ester groups is 1. The highest BCUT2D eigenvalue weighted by molar-refractivity contribution is 7.45. The second kappa shape index (κ2) is 74.9. The van der Waals surface area contributed by atoms with E-state index in [1.807, 2.05) is 21.1 Å². The van der Waals surface area contributed by atoms with Crippen LogP contribution in [0.1, 0.15) is 412 Å². The second-order valence-electron chi connectivity index (χ2n) is 29.1. The molecule has 0 aliphatic carbocycles. The van der Waals surface area contributed by atoms with Crippen molar-refractivity contribution >= 4 is 19.8 Å². The van der Waals surface area contributed by atoms with Crippen molar-refractivity contribution in [2.45, 2.75) is 418 Å². The largest absolute Gasteiger partial charge is 0.756 e. The van der Waals surface area contributed by atoms with Gasteiger partial charge in [0.25, 0.3) is 7.82 Å². The molecular weight excluding hydrogens is 1180 g/mol. The zero-order valence-corrected chi connectivity index (χ0v) is 64.1. The van der Waals surface area contributed by atoms with E-state index < -0.39 is 26.5 Å². The first kappa shape index (κ1) is 91.7. The fourth-order valence-electron chi connectivity index (χ4n) is 12.3. The van der Waals surface area contributed by atoms with E-state index in [1.165, 1.54) is 321 Å². The molecule has 10 heteroatoms. The first-order valence-corrected chi connectivity index (χ1v) is 42.5. The fraction of sp³-hybridized carbons (Fsp3) is 0.857. The number of hydrogen-bond acceptors (Lipinski definition) is 8. The van der Waals surface area contributed by atoms with Gasteiger partial charge < -0.3 is 27.9 Å². The minimum atomic E-state index is -4.64. The summed E-state index contributed by atoms with van der Waals surface area (Å²) in [7, 11) is 1.19. The van der Waals surface area contributed by atoms with Crippen LogP contribution >= 0.6 is 7.82 Å². The summed E-state index contributed by atoms with van der Waals surface area (Å²) in [5.74, 6) is -0.809. The van der Waals surface area contributed by atoms with Crippen LogP contribution in [0.15, 0.2) is 60.8 Å². The van der Waals surface area contributed by atoms with Gasteiger partial charge in [0, 0.05) is 12.8 Å². The molecular formula is C84H158NO8P. The van der Waals surface area contributed by atoms with Crippen molar-refractivity contribution < 1.29 is 42.1 Å². The lowest BCUT2D eigenvalue weighted by atomic mass is 10.0. The lowest BCUT2D eigenvalue weighted by Crippen LogP contribution is -2.37. The lowest BCUT2D eigenvalue weighted by Gasteiger charge is -2.28. The summed E-state index contributed by atoms with van der Waals surface area (Å²) in [6.45, 7) is 4.20. The number of nitrogens with zero attached hydrogens (tertiary/aromatic N) is 1. The standard InChI is InChI=1S/C84H158NO8P/c1-6-8-10-12-14-16-18-20-22-24-26-28-30-32-34-36-38-40-42-44-46-48-50-52-54-56-58-60-62-64-66-68-70-72-74-76-83(86)90-80-82(81-92-94(88,89)91-79-78-85(3,4)5)93-84(87)77-75-73-71-69-67-65-63-61-59-57-55-53-51-49-47-45-43-41-39-37-35-33-31-29-27-25-23-21-19-17-15-13-11-9-7-2/h9,11,15,17,21,23-24,26-27,29,82H,6-8,10,12-14,16,18-20,22,25,28,30-81H2,1-5H3/b11-9-,17-15-,23-21-,26-24-,29-27-. The molecule has 0 amide bonds. The van der Waals surface area contributed by atoms with Gasteiger partial charge in [-0.25, -0.2) is 0 Å². The van der Waals surface area contributed by atoms with Crippen LogP contribution in [0.25, 0.3) is 0 Å². The Balaban J connectivity index is 3.90. The number of esters is 2. The van der Waals surface area contributed by atoms with Gasteiger partial charge in [-0.3, -0.25) is 14.2 Å². The van der Waals surface area contributed by atoms with Gasteiger partial charge in [0.2, 0.25) is 0 Å². The zero-order valence-electron chi connectivity index (χ0n) is 63.2. The zero-order chi connectivity index (χ0) is 68.3. The molecule has 0 spiro atoms. The van der Waals surface area contributed by atoms with Crippen LogP contribution in [0, 0.1) is 0 Å². The molecule has 0 heterocycles. The first-order chi connectivity index (χ1) is 46.0. The van der Waals surface area contributed by atoms with Crippen LogP contribution in [-0.4, -0.2) is 70.0 Å². The van der Waals surface area contributed by atoms with E-state index in [0.29, 0.717) is 17.4 Å². The highest BCUT2D eigenvalue weighted by Crippen LogP contribution is 2.38. The molecule has 2 atom stereocenters. The van der Waals surface area contributed by atoms with Gasteiger partial charge in [-0.15, -0.1) is 0 Å². The van der Waals surface area contributed by atoms with Gasteiger partial charge in [-0.2, -0.15) is 0 Å². The Labute approximate surface area is 585 Å². The third kappa shape index (κ3) is 78.7. The van der Waals surface area contributed by atoms with Gasteiger partial charge in [-0.1, -0.05) is 383 Å². The molecule has 9 nitrogen and oxygen atoms in total. The summed E-state index contributed by atoms with van der Waals surface area (Å²) in [6, 6.07) is 0. The highest BCUT2D eigenvalue weighted by atomic mass is 31.2. The summed E-state index contributed by atoms with van der Waals surface area (Å²) >= 11 is 0. The van der Waals surface area contributed by atoms with Gasteiger partial charge in [0.1, 0.15) is 19.8 Å². The summed E-state index contributed by atoms with van der Waals surface area (Å²) in [4.78, 5) is 38.2. The minimum absolute atomic E-state index is 0.0282. The number of ether oxygens (including phenoxy) is 2. The van der Waals surface area contributed by atoms with Crippen molar-refractivity contribution in [3.05, 3.63) is 60.8 Å². The number of likely N-dealkylation sites (N-methyl/N-ethyl adjacent to an activating group) is 1. The maximum atomic E-state index is 12.9. The minimum Gasteiger partial charge on any atom is -0.756 e. The number of carbonyl (C=O) groups excluding carboxylic acids is 2. The molecule has 0 rings (SSSR count).